The second-order valence-electron chi connectivity index (χ2n) is 5.07. The summed E-state index contributed by atoms with van der Waals surface area (Å²) in [4.78, 5) is 22.1. The molecule has 0 spiro atoms. The van der Waals surface area contributed by atoms with E-state index in [1.807, 2.05) is 0 Å². The molecule has 0 aliphatic carbocycles. The molecule has 7 heteroatoms. The lowest BCUT2D eigenvalue weighted by Crippen LogP contribution is -2.25. The van der Waals surface area contributed by atoms with E-state index in [2.05, 4.69) is 10.6 Å². The number of hydrogen-bond donors (Lipinski definition) is 2. The molecule has 0 aliphatic heterocycles. The molecule has 0 unspecified atom stereocenters. The zero-order chi connectivity index (χ0) is 17.4. The quantitative estimate of drug-likeness (QED) is 0.441. The number of nitrogens with one attached hydrogen (secondary N) is 2. The number of carbonyl (C=O) groups excluding carboxylic acids is 1. The molecule has 1 amide bonds. The van der Waals surface area contributed by atoms with Crippen LogP contribution in [0.3, 0.4) is 0 Å². The number of benzene rings is 2. The molecule has 0 heterocycles. The Morgan fingerprint density at radius 3 is 2.33 bits per heavy atom. The van der Waals surface area contributed by atoms with E-state index in [9.17, 15) is 14.9 Å². The van der Waals surface area contributed by atoms with E-state index in [0.29, 0.717) is 24.4 Å². The molecule has 0 aromatic heterocycles. The number of nitro benzene ring substituents is 1. The van der Waals surface area contributed by atoms with Crippen LogP contribution in [-0.2, 0) is 0 Å². The topological polar surface area (TPSA) is 93.5 Å². The summed E-state index contributed by atoms with van der Waals surface area (Å²) in [7, 11) is 1.58. The van der Waals surface area contributed by atoms with Crippen LogP contribution >= 0.6 is 0 Å². The van der Waals surface area contributed by atoms with Crippen LogP contribution in [0.1, 0.15) is 16.8 Å². The van der Waals surface area contributed by atoms with Crippen molar-refractivity contribution in [2.24, 2.45) is 0 Å². The molecule has 0 aliphatic rings. The van der Waals surface area contributed by atoms with Crippen molar-refractivity contribution in [3.63, 3.8) is 0 Å². The fourth-order valence-corrected chi connectivity index (χ4v) is 2.07. The van der Waals surface area contributed by atoms with Gasteiger partial charge in [0.2, 0.25) is 0 Å². The van der Waals surface area contributed by atoms with Crippen molar-refractivity contribution in [2.45, 2.75) is 6.42 Å². The van der Waals surface area contributed by atoms with Gasteiger partial charge in [-0.3, -0.25) is 14.9 Å². The zero-order valence-corrected chi connectivity index (χ0v) is 13.3. The lowest BCUT2D eigenvalue weighted by molar-refractivity contribution is -0.384. The lowest BCUT2D eigenvalue weighted by atomic mass is 10.2. The van der Waals surface area contributed by atoms with E-state index in [1.54, 1.807) is 43.5 Å². The Kier molecular flexibility index (Phi) is 6.13. The second-order valence-corrected chi connectivity index (χ2v) is 5.07. The van der Waals surface area contributed by atoms with Gasteiger partial charge in [-0.1, -0.05) is 0 Å². The first kappa shape index (κ1) is 17.3. The molecule has 0 fully saturated rings. The van der Waals surface area contributed by atoms with Crippen molar-refractivity contribution in [1.82, 2.24) is 5.32 Å². The third kappa shape index (κ3) is 4.98. The van der Waals surface area contributed by atoms with Crippen molar-refractivity contribution >= 4 is 17.3 Å². The van der Waals surface area contributed by atoms with E-state index in [-0.39, 0.29) is 11.6 Å². The van der Waals surface area contributed by atoms with E-state index < -0.39 is 4.92 Å². The highest BCUT2D eigenvalue weighted by Gasteiger charge is 2.05. The summed E-state index contributed by atoms with van der Waals surface area (Å²) < 4.78 is 5.05. The Hall–Kier alpha value is -3.09. The van der Waals surface area contributed by atoms with E-state index in [4.69, 9.17) is 4.74 Å². The van der Waals surface area contributed by atoms with Gasteiger partial charge in [-0.05, 0) is 42.8 Å². The molecule has 24 heavy (non-hydrogen) atoms. The fourth-order valence-electron chi connectivity index (χ4n) is 2.07. The normalized spacial score (nSPS) is 10.0. The maximum Gasteiger partial charge on any atom is 0.269 e. The SMILES string of the molecule is COc1ccc(C(=O)NCCCNc2ccc([N+](=O)[O-])cc2)cc1. The molecule has 2 N–H and O–H groups in total. The fraction of sp³-hybridized carbons (Fsp3) is 0.235. The Bertz CT molecular complexity index is 684. The average Bonchev–Trinajstić information content (AvgIpc) is 2.61. The number of anilines is 1. The number of ether oxygens (including phenoxy) is 1. The monoisotopic (exact) mass is 329 g/mol. The first-order chi connectivity index (χ1) is 11.6. The van der Waals surface area contributed by atoms with Gasteiger partial charge in [-0.25, -0.2) is 0 Å². The Morgan fingerprint density at radius 2 is 1.75 bits per heavy atom. The third-order valence-electron chi connectivity index (χ3n) is 3.40. The molecular weight excluding hydrogens is 310 g/mol. The van der Waals surface area contributed by atoms with Gasteiger partial charge in [0.05, 0.1) is 12.0 Å². The Morgan fingerprint density at radius 1 is 1.08 bits per heavy atom. The zero-order valence-electron chi connectivity index (χ0n) is 13.3. The smallest absolute Gasteiger partial charge is 0.269 e. The number of rotatable bonds is 8. The first-order valence-corrected chi connectivity index (χ1v) is 7.51. The average molecular weight is 329 g/mol. The van der Waals surface area contributed by atoms with Crippen molar-refractivity contribution in [3.8, 4) is 5.75 Å². The van der Waals surface area contributed by atoms with Crippen LogP contribution in [0, 0.1) is 10.1 Å². The molecule has 2 rings (SSSR count). The summed E-state index contributed by atoms with van der Waals surface area (Å²) in [6, 6.07) is 13.1. The van der Waals surface area contributed by atoms with Gasteiger partial charge in [0, 0.05) is 36.5 Å². The molecule has 2 aromatic carbocycles. The highest BCUT2D eigenvalue weighted by atomic mass is 16.6. The van der Waals surface area contributed by atoms with Gasteiger partial charge >= 0.3 is 0 Å². The molecule has 0 saturated heterocycles. The van der Waals surface area contributed by atoms with Crippen LogP contribution in [0.4, 0.5) is 11.4 Å². The minimum Gasteiger partial charge on any atom is -0.497 e. The maximum atomic E-state index is 11.9. The molecule has 2 aromatic rings. The summed E-state index contributed by atoms with van der Waals surface area (Å²) >= 11 is 0. The van der Waals surface area contributed by atoms with Crippen LogP contribution in [0.5, 0.6) is 5.75 Å². The Labute approximate surface area is 139 Å². The highest BCUT2D eigenvalue weighted by Crippen LogP contribution is 2.15. The van der Waals surface area contributed by atoms with Crippen LogP contribution in [-0.4, -0.2) is 31.0 Å². The molecule has 7 nitrogen and oxygen atoms in total. The van der Waals surface area contributed by atoms with E-state index >= 15 is 0 Å². The summed E-state index contributed by atoms with van der Waals surface area (Å²) in [5.74, 6) is 0.576. The van der Waals surface area contributed by atoms with Crippen LogP contribution in [0.15, 0.2) is 48.5 Å². The summed E-state index contributed by atoms with van der Waals surface area (Å²) in [6.45, 7) is 1.19. The van der Waals surface area contributed by atoms with Crippen molar-refractivity contribution in [2.75, 3.05) is 25.5 Å². The predicted octanol–water partition coefficient (Wildman–Crippen LogP) is 2.84. The lowest BCUT2D eigenvalue weighted by Gasteiger charge is -2.08. The highest BCUT2D eigenvalue weighted by molar-refractivity contribution is 5.94. The summed E-state index contributed by atoms with van der Waals surface area (Å²) in [6.07, 6.45) is 0.735. The summed E-state index contributed by atoms with van der Waals surface area (Å²) in [5, 5.41) is 16.6. The number of nitro groups is 1. The second kappa shape index (κ2) is 8.52. The summed E-state index contributed by atoms with van der Waals surface area (Å²) in [5.41, 5.74) is 1.45. The van der Waals surface area contributed by atoms with Gasteiger partial charge in [0.15, 0.2) is 0 Å². The molecule has 0 atom stereocenters. The minimum absolute atomic E-state index is 0.0623. The number of hydrogen-bond acceptors (Lipinski definition) is 5. The number of carbonyl (C=O) groups is 1. The van der Waals surface area contributed by atoms with Gasteiger partial charge in [0.1, 0.15) is 5.75 Å². The van der Waals surface area contributed by atoms with Crippen LogP contribution in [0.25, 0.3) is 0 Å². The van der Waals surface area contributed by atoms with Crippen molar-refractivity contribution in [3.05, 3.63) is 64.2 Å². The standard InChI is InChI=1S/C17H19N3O4/c1-24-16-9-3-13(4-10-16)17(21)19-12-2-11-18-14-5-7-15(8-6-14)20(22)23/h3-10,18H,2,11-12H2,1H3,(H,19,21). The largest absolute Gasteiger partial charge is 0.497 e. The predicted molar refractivity (Wildman–Crippen MR) is 91.5 cm³/mol. The minimum atomic E-state index is -0.432. The molecular formula is C17H19N3O4. The van der Waals surface area contributed by atoms with E-state index in [0.717, 1.165) is 12.1 Å². The first-order valence-electron chi connectivity index (χ1n) is 7.51. The molecule has 0 saturated carbocycles. The molecule has 0 bridgehead atoms. The van der Waals surface area contributed by atoms with Crippen molar-refractivity contribution in [1.29, 1.82) is 0 Å². The number of non-ortho nitro benzene ring substituents is 1. The molecule has 126 valence electrons. The Balaban J connectivity index is 1.68. The van der Waals surface area contributed by atoms with Crippen LogP contribution < -0.4 is 15.4 Å². The number of amides is 1. The maximum absolute atomic E-state index is 11.9. The van der Waals surface area contributed by atoms with Gasteiger partial charge < -0.3 is 15.4 Å². The van der Waals surface area contributed by atoms with Gasteiger partial charge in [-0.15, -0.1) is 0 Å². The van der Waals surface area contributed by atoms with E-state index in [1.165, 1.54) is 12.1 Å². The number of nitrogens with zero attached hydrogens (tertiary/aromatic N) is 1. The number of methoxy groups -OCH3 is 1. The van der Waals surface area contributed by atoms with Gasteiger partial charge in [0.25, 0.3) is 11.6 Å². The third-order valence-corrected chi connectivity index (χ3v) is 3.40. The molecule has 0 radical (unpaired) electrons. The van der Waals surface area contributed by atoms with Crippen LogP contribution in [0.2, 0.25) is 0 Å². The van der Waals surface area contributed by atoms with Crippen molar-refractivity contribution < 1.29 is 14.5 Å². The van der Waals surface area contributed by atoms with Gasteiger partial charge in [-0.2, -0.15) is 0 Å².